The number of benzene rings is 3. The van der Waals surface area contributed by atoms with Crippen molar-refractivity contribution in [1.29, 1.82) is 0 Å². The van der Waals surface area contributed by atoms with E-state index in [1.807, 2.05) is 48.5 Å². The van der Waals surface area contributed by atoms with Crippen molar-refractivity contribution in [1.82, 2.24) is 5.32 Å². The second kappa shape index (κ2) is 9.88. The van der Waals surface area contributed by atoms with Gasteiger partial charge in [-0.2, -0.15) is 13.2 Å². The van der Waals surface area contributed by atoms with Crippen LogP contribution in [-0.2, 0) is 11.6 Å². The first-order valence-electron chi connectivity index (χ1n) is 10.9. The summed E-state index contributed by atoms with van der Waals surface area (Å²) in [4.78, 5) is 12.5. The van der Waals surface area contributed by atoms with Crippen LogP contribution in [0.1, 0.15) is 42.4 Å². The van der Waals surface area contributed by atoms with Gasteiger partial charge < -0.3 is 10.6 Å². The molecule has 0 atom stereocenters. The Hall–Kier alpha value is -2.70. The highest BCUT2D eigenvalue weighted by molar-refractivity contribution is 6.30. The molecule has 4 rings (SSSR count). The van der Waals surface area contributed by atoms with Gasteiger partial charge in [0.15, 0.2) is 0 Å². The molecule has 1 aliphatic rings. The van der Waals surface area contributed by atoms with Gasteiger partial charge in [0.05, 0.1) is 5.56 Å². The topological polar surface area (TPSA) is 41.1 Å². The second-order valence-corrected chi connectivity index (χ2v) is 9.42. The number of carbonyl (C=O) groups is 1. The van der Waals surface area contributed by atoms with Crippen LogP contribution in [0.15, 0.2) is 72.8 Å². The van der Waals surface area contributed by atoms with E-state index in [-0.39, 0.29) is 17.1 Å². The zero-order chi connectivity index (χ0) is 24.3. The number of urea groups is 1. The number of rotatable bonds is 4. The molecule has 2 amide bonds. The maximum absolute atomic E-state index is 12.9. The van der Waals surface area contributed by atoms with Gasteiger partial charge in [-0.1, -0.05) is 53.5 Å². The van der Waals surface area contributed by atoms with Crippen molar-refractivity contribution in [3.8, 4) is 0 Å². The van der Waals surface area contributed by atoms with Crippen molar-refractivity contribution < 1.29 is 18.0 Å². The van der Waals surface area contributed by atoms with Crippen LogP contribution in [0.4, 0.5) is 23.7 Å². The lowest BCUT2D eigenvalue weighted by Crippen LogP contribution is -2.44. The summed E-state index contributed by atoms with van der Waals surface area (Å²) in [7, 11) is 0. The standard InChI is InChI=1S/C26H23Cl2F3N2O/c27-20-8-4-17(5-9-20)25(18-6-10-21(28)11-7-18)14-12-22(13-15-25)32-24(34)33-23-3-1-2-19(16-23)26(29,30)31/h1-11,16,22H,12-15H2,(H2,32,33,34). The largest absolute Gasteiger partial charge is 0.416 e. The Morgan fingerprint density at radius 2 is 1.38 bits per heavy atom. The minimum absolute atomic E-state index is 0.0970. The van der Waals surface area contributed by atoms with Crippen LogP contribution in [0.5, 0.6) is 0 Å². The fourth-order valence-corrected chi connectivity index (χ4v) is 4.91. The summed E-state index contributed by atoms with van der Waals surface area (Å²) in [6, 6.07) is 19.6. The molecular weight excluding hydrogens is 484 g/mol. The van der Waals surface area contributed by atoms with Crippen molar-refractivity contribution in [3.63, 3.8) is 0 Å². The van der Waals surface area contributed by atoms with Gasteiger partial charge in [0.25, 0.3) is 0 Å². The van der Waals surface area contributed by atoms with Gasteiger partial charge in [-0.05, 0) is 79.3 Å². The molecule has 0 bridgehead atoms. The van der Waals surface area contributed by atoms with Gasteiger partial charge in [0.2, 0.25) is 0 Å². The Kier molecular flexibility index (Phi) is 7.10. The number of carbonyl (C=O) groups excluding carboxylic acids is 1. The summed E-state index contributed by atoms with van der Waals surface area (Å²) in [5.74, 6) is 0. The molecule has 2 N–H and O–H groups in total. The van der Waals surface area contributed by atoms with Gasteiger partial charge in [-0.3, -0.25) is 0 Å². The predicted octanol–water partition coefficient (Wildman–Crippen LogP) is 8.06. The van der Waals surface area contributed by atoms with E-state index < -0.39 is 17.8 Å². The Labute approximate surface area is 206 Å². The Morgan fingerprint density at radius 1 is 0.853 bits per heavy atom. The first-order chi connectivity index (χ1) is 16.2. The summed E-state index contributed by atoms with van der Waals surface area (Å²) in [6.45, 7) is 0. The van der Waals surface area contributed by atoms with Gasteiger partial charge >= 0.3 is 12.2 Å². The van der Waals surface area contributed by atoms with E-state index in [0.717, 1.165) is 36.1 Å². The van der Waals surface area contributed by atoms with E-state index in [9.17, 15) is 18.0 Å². The maximum Gasteiger partial charge on any atom is 0.416 e. The van der Waals surface area contributed by atoms with E-state index in [0.29, 0.717) is 22.9 Å². The SMILES string of the molecule is O=C(Nc1cccc(C(F)(F)F)c1)NC1CCC(c2ccc(Cl)cc2)(c2ccc(Cl)cc2)CC1. The summed E-state index contributed by atoms with van der Waals surface area (Å²) < 4.78 is 38.8. The van der Waals surface area contributed by atoms with Gasteiger partial charge in [0, 0.05) is 27.2 Å². The summed E-state index contributed by atoms with van der Waals surface area (Å²) in [5.41, 5.74) is 1.33. The quantitative estimate of drug-likeness (QED) is 0.369. The number of nitrogens with one attached hydrogen (secondary N) is 2. The molecule has 0 aromatic heterocycles. The number of amides is 2. The van der Waals surface area contributed by atoms with E-state index in [1.165, 1.54) is 12.1 Å². The van der Waals surface area contributed by atoms with E-state index in [2.05, 4.69) is 10.6 Å². The van der Waals surface area contributed by atoms with Crippen LogP contribution in [0.25, 0.3) is 0 Å². The molecule has 178 valence electrons. The third-order valence-corrected chi connectivity index (χ3v) is 6.92. The number of anilines is 1. The normalized spacial score (nSPS) is 16.1. The van der Waals surface area contributed by atoms with Gasteiger partial charge in [-0.25, -0.2) is 4.79 Å². The van der Waals surface area contributed by atoms with Crippen molar-refractivity contribution in [2.75, 3.05) is 5.32 Å². The average molecular weight is 507 g/mol. The Morgan fingerprint density at radius 3 is 1.88 bits per heavy atom. The molecule has 0 aliphatic heterocycles. The van der Waals surface area contributed by atoms with Crippen LogP contribution in [-0.4, -0.2) is 12.1 Å². The molecule has 3 aromatic carbocycles. The first-order valence-corrected chi connectivity index (χ1v) is 11.7. The van der Waals surface area contributed by atoms with E-state index >= 15 is 0 Å². The lowest BCUT2D eigenvalue weighted by Gasteiger charge is -2.41. The molecule has 3 aromatic rings. The highest BCUT2D eigenvalue weighted by atomic mass is 35.5. The molecular formula is C26H23Cl2F3N2O. The fourth-order valence-electron chi connectivity index (χ4n) is 4.66. The van der Waals surface area contributed by atoms with Crippen molar-refractivity contribution >= 4 is 34.9 Å². The highest BCUT2D eigenvalue weighted by Crippen LogP contribution is 2.45. The van der Waals surface area contributed by atoms with Crippen molar-refractivity contribution in [3.05, 3.63) is 99.5 Å². The van der Waals surface area contributed by atoms with Crippen LogP contribution >= 0.6 is 23.2 Å². The lowest BCUT2D eigenvalue weighted by atomic mass is 9.64. The Balaban J connectivity index is 1.46. The number of hydrogen-bond acceptors (Lipinski definition) is 1. The Bertz CT molecular complexity index is 1090. The molecule has 3 nitrogen and oxygen atoms in total. The smallest absolute Gasteiger partial charge is 0.335 e. The molecule has 0 radical (unpaired) electrons. The second-order valence-electron chi connectivity index (χ2n) is 8.55. The molecule has 0 heterocycles. The monoisotopic (exact) mass is 506 g/mol. The summed E-state index contributed by atoms with van der Waals surface area (Å²) >= 11 is 12.2. The first kappa shape index (κ1) is 24.4. The fraction of sp³-hybridized carbons (Fsp3) is 0.269. The molecule has 0 saturated heterocycles. The third-order valence-electron chi connectivity index (χ3n) is 6.42. The van der Waals surface area contributed by atoms with Gasteiger partial charge in [0.1, 0.15) is 0 Å². The maximum atomic E-state index is 12.9. The summed E-state index contributed by atoms with van der Waals surface area (Å²) in [5, 5.41) is 6.76. The minimum atomic E-state index is -4.47. The number of alkyl halides is 3. The summed E-state index contributed by atoms with van der Waals surface area (Å²) in [6.07, 6.45) is -1.48. The molecule has 1 fully saturated rings. The molecule has 34 heavy (non-hydrogen) atoms. The third kappa shape index (κ3) is 5.50. The molecule has 8 heteroatoms. The van der Waals surface area contributed by atoms with E-state index in [4.69, 9.17) is 23.2 Å². The zero-order valence-electron chi connectivity index (χ0n) is 18.1. The van der Waals surface area contributed by atoms with Crippen molar-refractivity contribution in [2.24, 2.45) is 0 Å². The lowest BCUT2D eigenvalue weighted by molar-refractivity contribution is -0.137. The van der Waals surface area contributed by atoms with Crippen LogP contribution in [0.2, 0.25) is 10.0 Å². The molecule has 1 aliphatic carbocycles. The number of hydrogen-bond donors (Lipinski definition) is 2. The minimum Gasteiger partial charge on any atom is -0.335 e. The van der Waals surface area contributed by atoms with Crippen LogP contribution in [0.3, 0.4) is 0 Å². The molecule has 1 saturated carbocycles. The molecule has 0 unspecified atom stereocenters. The predicted molar refractivity (Wildman–Crippen MR) is 130 cm³/mol. The van der Waals surface area contributed by atoms with Gasteiger partial charge in [-0.15, -0.1) is 0 Å². The average Bonchev–Trinajstić information content (AvgIpc) is 2.80. The van der Waals surface area contributed by atoms with Crippen molar-refractivity contribution in [2.45, 2.75) is 43.3 Å². The molecule has 0 spiro atoms. The van der Waals surface area contributed by atoms with Crippen LogP contribution in [0, 0.1) is 0 Å². The van der Waals surface area contributed by atoms with E-state index in [1.54, 1.807) is 0 Å². The number of halogens is 5. The highest BCUT2D eigenvalue weighted by Gasteiger charge is 2.39. The van der Waals surface area contributed by atoms with Crippen LogP contribution < -0.4 is 10.6 Å². The zero-order valence-corrected chi connectivity index (χ0v) is 19.6.